The van der Waals surface area contributed by atoms with Gasteiger partial charge in [-0.25, -0.2) is 9.97 Å². The number of rotatable bonds is 4. The first kappa shape index (κ1) is 12.8. The minimum absolute atomic E-state index is 0.154. The maximum absolute atomic E-state index is 8.68. The molecule has 0 saturated heterocycles. The zero-order valence-corrected chi connectivity index (χ0v) is 10.6. The average Bonchev–Trinajstić information content (AvgIpc) is 2.87. The summed E-state index contributed by atoms with van der Waals surface area (Å²) in [4.78, 5) is 7.96. The number of amidine groups is 1. The third kappa shape index (κ3) is 2.79. The molecular formula is C11H14N6O2. The summed E-state index contributed by atoms with van der Waals surface area (Å²) in [7, 11) is 0. The van der Waals surface area contributed by atoms with Gasteiger partial charge in [0.05, 0.1) is 12.4 Å². The number of hydrogen-bond acceptors (Lipinski definition) is 6. The molecule has 0 saturated carbocycles. The van der Waals surface area contributed by atoms with E-state index in [1.165, 1.54) is 12.4 Å². The van der Waals surface area contributed by atoms with Gasteiger partial charge in [-0.15, -0.1) is 0 Å². The van der Waals surface area contributed by atoms with E-state index in [4.69, 9.17) is 15.7 Å². The van der Waals surface area contributed by atoms with Gasteiger partial charge in [-0.2, -0.15) is 5.10 Å². The van der Waals surface area contributed by atoms with Crippen LogP contribution in [0.1, 0.15) is 25.6 Å². The summed E-state index contributed by atoms with van der Waals surface area (Å²) in [5.41, 5.74) is 5.67. The molecule has 0 unspecified atom stereocenters. The van der Waals surface area contributed by atoms with E-state index >= 15 is 0 Å². The standard InChI is InChI=1S/C11H14N6O2/c1-7(2)17-6-8(5-15-17)19-11-9(10(12)16-18)13-3-4-14-11/h3-7,18H,1-2H3,(H2,12,16). The molecule has 0 aliphatic rings. The van der Waals surface area contributed by atoms with Crippen LogP contribution in [0, 0.1) is 0 Å². The van der Waals surface area contributed by atoms with Crippen LogP contribution in [0.5, 0.6) is 11.6 Å². The molecule has 0 bridgehead atoms. The highest BCUT2D eigenvalue weighted by Crippen LogP contribution is 2.21. The molecule has 0 aliphatic heterocycles. The molecule has 2 heterocycles. The zero-order chi connectivity index (χ0) is 13.8. The summed E-state index contributed by atoms with van der Waals surface area (Å²) in [5.74, 6) is 0.488. The Kier molecular flexibility index (Phi) is 3.60. The van der Waals surface area contributed by atoms with E-state index in [2.05, 4.69) is 20.2 Å². The number of nitrogens with two attached hydrogens (primary N) is 1. The Labute approximate surface area is 109 Å². The Bertz CT molecular complexity index is 592. The van der Waals surface area contributed by atoms with Gasteiger partial charge in [-0.1, -0.05) is 5.16 Å². The Morgan fingerprint density at radius 1 is 1.42 bits per heavy atom. The van der Waals surface area contributed by atoms with Crippen molar-refractivity contribution in [1.29, 1.82) is 0 Å². The van der Waals surface area contributed by atoms with Crippen LogP contribution >= 0.6 is 0 Å². The maximum atomic E-state index is 8.68. The second-order valence-electron chi connectivity index (χ2n) is 4.05. The largest absolute Gasteiger partial charge is 0.434 e. The molecule has 0 aromatic carbocycles. The monoisotopic (exact) mass is 262 g/mol. The van der Waals surface area contributed by atoms with Crippen molar-refractivity contribution in [3.05, 3.63) is 30.5 Å². The molecule has 100 valence electrons. The van der Waals surface area contributed by atoms with Gasteiger partial charge in [0.1, 0.15) is 0 Å². The van der Waals surface area contributed by atoms with Gasteiger partial charge in [-0.3, -0.25) is 4.68 Å². The third-order valence-corrected chi connectivity index (χ3v) is 2.34. The lowest BCUT2D eigenvalue weighted by Gasteiger charge is -2.06. The number of aromatic nitrogens is 4. The molecule has 0 fully saturated rings. The third-order valence-electron chi connectivity index (χ3n) is 2.34. The number of hydrogen-bond donors (Lipinski definition) is 2. The second kappa shape index (κ2) is 5.34. The lowest BCUT2D eigenvalue weighted by molar-refractivity contribution is 0.318. The fourth-order valence-corrected chi connectivity index (χ4v) is 1.39. The van der Waals surface area contributed by atoms with Crippen LogP contribution in [-0.4, -0.2) is 30.8 Å². The Morgan fingerprint density at radius 2 is 2.16 bits per heavy atom. The van der Waals surface area contributed by atoms with E-state index in [0.29, 0.717) is 5.75 Å². The topological polar surface area (TPSA) is 111 Å². The average molecular weight is 262 g/mol. The fraction of sp³-hybridized carbons (Fsp3) is 0.273. The molecule has 0 amide bonds. The highest BCUT2D eigenvalue weighted by molar-refractivity contribution is 5.97. The molecule has 2 aromatic heterocycles. The Morgan fingerprint density at radius 3 is 2.79 bits per heavy atom. The van der Waals surface area contributed by atoms with Crippen LogP contribution < -0.4 is 10.5 Å². The summed E-state index contributed by atoms with van der Waals surface area (Å²) >= 11 is 0. The van der Waals surface area contributed by atoms with Gasteiger partial charge in [-0.05, 0) is 13.8 Å². The van der Waals surface area contributed by atoms with Crippen LogP contribution in [0.3, 0.4) is 0 Å². The predicted octanol–water partition coefficient (Wildman–Crippen LogP) is 1.14. The molecule has 8 heteroatoms. The van der Waals surface area contributed by atoms with Gasteiger partial charge in [0.25, 0.3) is 0 Å². The number of ether oxygens (including phenoxy) is 1. The highest BCUT2D eigenvalue weighted by Gasteiger charge is 2.13. The molecule has 2 rings (SSSR count). The first-order chi connectivity index (χ1) is 9.11. The SMILES string of the molecule is CC(C)n1cc(Oc2nccnc2/C(N)=N/O)cn1. The smallest absolute Gasteiger partial charge is 0.249 e. The van der Waals surface area contributed by atoms with E-state index in [-0.39, 0.29) is 23.5 Å². The van der Waals surface area contributed by atoms with E-state index in [0.717, 1.165) is 0 Å². The molecule has 0 aliphatic carbocycles. The summed E-state index contributed by atoms with van der Waals surface area (Å²) in [5, 5.41) is 15.7. The van der Waals surface area contributed by atoms with Gasteiger partial charge >= 0.3 is 0 Å². The fourth-order valence-electron chi connectivity index (χ4n) is 1.39. The van der Waals surface area contributed by atoms with Gasteiger partial charge in [0, 0.05) is 18.4 Å². The number of nitrogens with zero attached hydrogens (tertiary/aromatic N) is 5. The first-order valence-corrected chi connectivity index (χ1v) is 5.62. The van der Waals surface area contributed by atoms with E-state index in [1.807, 2.05) is 13.8 Å². The van der Waals surface area contributed by atoms with Gasteiger partial charge in [0.15, 0.2) is 17.3 Å². The normalized spacial score (nSPS) is 11.8. The van der Waals surface area contributed by atoms with Crippen LogP contribution in [0.2, 0.25) is 0 Å². The van der Waals surface area contributed by atoms with Gasteiger partial charge in [0.2, 0.25) is 5.88 Å². The van der Waals surface area contributed by atoms with Crippen molar-refractivity contribution in [3.8, 4) is 11.6 Å². The van der Waals surface area contributed by atoms with Crippen LogP contribution in [-0.2, 0) is 0 Å². The Balaban J connectivity index is 2.28. The maximum Gasteiger partial charge on any atom is 0.249 e. The summed E-state index contributed by atoms with van der Waals surface area (Å²) in [6, 6.07) is 0.225. The van der Waals surface area contributed by atoms with E-state index < -0.39 is 0 Å². The predicted molar refractivity (Wildman–Crippen MR) is 67.2 cm³/mol. The quantitative estimate of drug-likeness (QED) is 0.370. The minimum atomic E-state index is -0.167. The van der Waals surface area contributed by atoms with E-state index in [9.17, 15) is 0 Å². The first-order valence-electron chi connectivity index (χ1n) is 5.62. The van der Waals surface area contributed by atoms with Crippen molar-refractivity contribution >= 4 is 5.84 Å². The van der Waals surface area contributed by atoms with Crippen LogP contribution in [0.15, 0.2) is 29.9 Å². The molecule has 0 radical (unpaired) electrons. The molecule has 0 spiro atoms. The van der Waals surface area contributed by atoms with Crippen LogP contribution in [0.25, 0.3) is 0 Å². The van der Waals surface area contributed by atoms with Crippen molar-refractivity contribution in [1.82, 2.24) is 19.7 Å². The second-order valence-corrected chi connectivity index (χ2v) is 4.05. The number of oxime groups is 1. The van der Waals surface area contributed by atoms with Crippen molar-refractivity contribution in [2.45, 2.75) is 19.9 Å². The van der Waals surface area contributed by atoms with E-state index in [1.54, 1.807) is 17.1 Å². The summed E-state index contributed by atoms with van der Waals surface area (Å²) in [6.45, 7) is 4.00. The molecule has 8 nitrogen and oxygen atoms in total. The van der Waals surface area contributed by atoms with Crippen molar-refractivity contribution in [2.75, 3.05) is 0 Å². The lowest BCUT2D eigenvalue weighted by atomic mass is 10.4. The summed E-state index contributed by atoms with van der Waals surface area (Å²) < 4.78 is 7.28. The lowest BCUT2D eigenvalue weighted by Crippen LogP contribution is -2.16. The molecule has 2 aromatic rings. The van der Waals surface area contributed by atoms with Crippen LogP contribution in [0.4, 0.5) is 0 Å². The minimum Gasteiger partial charge on any atom is -0.434 e. The zero-order valence-electron chi connectivity index (χ0n) is 10.6. The van der Waals surface area contributed by atoms with Crippen molar-refractivity contribution in [3.63, 3.8) is 0 Å². The molecule has 0 atom stereocenters. The van der Waals surface area contributed by atoms with Crippen molar-refractivity contribution < 1.29 is 9.94 Å². The molecule has 3 N–H and O–H groups in total. The summed E-state index contributed by atoms with van der Waals surface area (Å²) in [6.07, 6.45) is 6.17. The van der Waals surface area contributed by atoms with Crippen molar-refractivity contribution in [2.24, 2.45) is 10.9 Å². The highest BCUT2D eigenvalue weighted by atomic mass is 16.5. The molecular weight excluding hydrogens is 248 g/mol. The molecule has 19 heavy (non-hydrogen) atoms. The Hall–Kier alpha value is -2.64. The van der Waals surface area contributed by atoms with Gasteiger partial charge < -0.3 is 15.7 Å².